The first-order valence-corrected chi connectivity index (χ1v) is 5.04. The molecule has 0 atom stereocenters. The van der Waals surface area contributed by atoms with E-state index in [0.717, 1.165) is 4.47 Å². The van der Waals surface area contributed by atoms with E-state index in [1.165, 1.54) is 6.26 Å². The Morgan fingerprint density at radius 3 is 2.73 bits per heavy atom. The highest BCUT2D eigenvalue weighted by Crippen LogP contribution is 2.27. The topological polar surface area (TPSA) is 50.4 Å². The van der Waals surface area contributed by atoms with Gasteiger partial charge in [-0.3, -0.25) is 0 Å². The number of furan rings is 1. The van der Waals surface area contributed by atoms with E-state index in [1.807, 2.05) is 0 Å². The van der Waals surface area contributed by atoms with Crippen molar-refractivity contribution in [3.05, 3.63) is 46.6 Å². The first-order chi connectivity index (χ1) is 7.18. The molecule has 2 aromatic rings. The van der Waals surface area contributed by atoms with Gasteiger partial charge in [0.2, 0.25) is 0 Å². The number of carbonyl (C=O) groups is 1. The van der Waals surface area contributed by atoms with Gasteiger partial charge in [-0.25, -0.2) is 4.79 Å². The van der Waals surface area contributed by atoms with Crippen molar-refractivity contribution >= 4 is 21.9 Å². The number of carboxylic acid groups (broad SMARTS) is 1. The highest BCUT2D eigenvalue weighted by Gasteiger charge is 2.13. The third kappa shape index (κ3) is 1.94. The Bertz CT molecular complexity index is 489. The minimum Gasteiger partial charge on any atom is -0.478 e. The minimum absolute atomic E-state index is 0.230. The van der Waals surface area contributed by atoms with Crippen LogP contribution in [0.25, 0.3) is 11.3 Å². The Labute approximate surface area is 94.5 Å². The molecule has 0 aliphatic rings. The van der Waals surface area contributed by atoms with Crippen LogP contribution >= 0.6 is 15.9 Å². The molecule has 1 aromatic heterocycles. The zero-order chi connectivity index (χ0) is 10.8. The van der Waals surface area contributed by atoms with E-state index in [2.05, 4.69) is 15.9 Å². The fraction of sp³-hybridized carbons (Fsp3) is 0. The lowest BCUT2D eigenvalue weighted by Gasteiger charge is -2.03. The van der Waals surface area contributed by atoms with E-state index in [1.54, 1.807) is 30.3 Å². The fourth-order valence-electron chi connectivity index (χ4n) is 1.34. The maximum absolute atomic E-state index is 11.0. The number of halogens is 1. The Morgan fingerprint density at radius 1 is 1.33 bits per heavy atom. The van der Waals surface area contributed by atoms with Crippen molar-refractivity contribution in [2.75, 3.05) is 0 Å². The Hall–Kier alpha value is -1.55. The smallest absolute Gasteiger partial charge is 0.336 e. The monoisotopic (exact) mass is 266 g/mol. The second-order valence-corrected chi connectivity index (χ2v) is 3.89. The lowest BCUT2D eigenvalue weighted by Crippen LogP contribution is -1.98. The van der Waals surface area contributed by atoms with Crippen LogP contribution in [0.2, 0.25) is 0 Å². The summed E-state index contributed by atoms with van der Waals surface area (Å²) in [7, 11) is 0. The van der Waals surface area contributed by atoms with Crippen LogP contribution in [0.15, 0.2) is 45.5 Å². The summed E-state index contributed by atoms with van der Waals surface area (Å²) in [5.41, 5.74) is 0.801. The predicted octanol–water partition coefficient (Wildman–Crippen LogP) is 3.41. The van der Waals surface area contributed by atoms with Crippen molar-refractivity contribution in [1.82, 2.24) is 0 Å². The van der Waals surface area contributed by atoms with Crippen LogP contribution in [0.1, 0.15) is 10.4 Å². The average molecular weight is 267 g/mol. The van der Waals surface area contributed by atoms with E-state index in [9.17, 15) is 4.79 Å². The molecular weight excluding hydrogens is 260 g/mol. The Morgan fingerprint density at radius 2 is 2.13 bits per heavy atom. The number of hydrogen-bond acceptors (Lipinski definition) is 2. The quantitative estimate of drug-likeness (QED) is 0.907. The SMILES string of the molecule is O=C(O)c1ccc(Br)cc1-c1ccco1. The summed E-state index contributed by atoms with van der Waals surface area (Å²) >= 11 is 3.30. The molecule has 0 aliphatic carbocycles. The van der Waals surface area contributed by atoms with E-state index in [0.29, 0.717) is 11.3 Å². The van der Waals surface area contributed by atoms with Gasteiger partial charge in [-0.15, -0.1) is 0 Å². The molecule has 1 aromatic carbocycles. The van der Waals surface area contributed by atoms with E-state index in [-0.39, 0.29) is 5.56 Å². The number of carboxylic acids is 1. The second kappa shape index (κ2) is 3.90. The number of hydrogen-bond donors (Lipinski definition) is 1. The van der Waals surface area contributed by atoms with E-state index >= 15 is 0 Å². The summed E-state index contributed by atoms with van der Waals surface area (Å²) < 4.78 is 6.00. The molecule has 4 heteroatoms. The maximum Gasteiger partial charge on any atom is 0.336 e. The zero-order valence-electron chi connectivity index (χ0n) is 7.61. The van der Waals surface area contributed by atoms with Gasteiger partial charge in [-0.2, -0.15) is 0 Å². The summed E-state index contributed by atoms with van der Waals surface area (Å²) in [6, 6.07) is 8.42. The number of rotatable bonds is 2. The first kappa shape index (κ1) is 9.98. The van der Waals surface area contributed by atoms with Gasteiger partial charge in [0.25, 0.3) is 0 Å². The lowest BCUT2D eigenvalue weighted by atomic mass is 10.1. The van der Waals surface area contributed by atoms with Crippen molar-refractivity contribution in [3.8, 4) is 11.3 Å². The molecule has 15 heavy (non-hydrogen) atoms. The maximum atomic E-state index is 11.0. The standard InChI is InChI=1S/C11H7BrO3/c12-7-3-4-8(11(13)14)9(6-7)10-2-1-5-15-10/h1-6H,(H,13,14). The lowest BCUT2D eigenvalue weighted by molar-refractivity contribution is 0.0697. The summed E-state index contributed by atoms with van der Waals surface area (Å²) in [5.74, 6) is -0.414. The van der Waals surface area contributed by atoms with E-state index in [4.69, 9.17) is 9.52 Å². The molecule has 76 valence electrons. The van der Waals surface area contributed by atoms with Crippen molar-refractivity contribution in [2.45, 2.75) is 0 Å². The summed E-state index contributed by atoms with van der Waals surface area (Å²) in [4.78, 5) is 11.0. The molecule has 0 amide bonds. The summed E-state index contributed by atoms with van der Waals surface area (Å²) in [6.45, 7) is 0. The van der Waals surface area contributed by atoms with Crippen LogP contribution in [-0.4, -0.2) is 11.1 Å². The van der Waals surface area contributed by atoms with Crippen LogP contribution < -0.4 is 0 Å². The van der Waals surface area contributed by atoms with Gasteiger partial charge in [0.05, 0.1) is 11.8 Å². The van der Waals surface area contributed by atoms with Gasteiger partial charge in [-0.1, -0.05) is 15.9 Å². The Balaban J connectivity index is 2.63. The van der Waals surface area contributed by atoms with Gasteiger partial charge in [0.15, 0.2) is 0 Å². The summed E-state index contributed by atoms with van der Waals surface area (Å²) in [5, 5.41) is 9.00. The molecular formula is C11H7BrO3. The van der Waals surface area contributed by atoms with Gasteiger partial charge in [-0.05, 0) is 30.3 Å². The van der Waals surface area contributed by atoms with Gasteiger partial charge >= 0.3 is 5.97 Å². The molecule has 0 bridgehead atoms. The largest absolute Gasteiger partial charge is 0.478 e. The molecule has 2 rings (SSSR count). The van der Waals surface area contributed by atoms with Gasteiger partial charge < -0.3 is 9.52 Å². The average Bonchev–Trinajstić information content (AvgIpc) is 2.69. The van der Waals surface area contributed by atoms with Crippen molar-refractivity contribution in [3.63, 3.8) is 0 Å². The van der Waals surface area contributed by atoms with Crippen LogP contribution in [0.4, 0.5) is 0 Å². The second-order valence-electron chi connectivity index (χ2n) is 2.97. The molecule has 3 nitrogen and oxygen atoms in total. The number of aromatic carboxylic acids is 1. The van der Waals surface area contributed by atoms with Gasteiger partial charge in [0, 0.05) is 10.0 Å². The van der Waals surface area contributed by atoms with Crippen LogP contribution in [0.3, 0.4) is 0 Å². The molecule has 1 N–H and O–H groups in total. The van der Waals surface area contributed by atoms with Crippen molar-refractivity contribution in [1.29, 1.82) is 0 Å². The normalized spacial score (nSPS) is 10.2. The van der Waals surface area contributed by atoms with Crippen LogP contribution in [0.5, 0.6) is 0 Å². The molecule has 0 fully saturated rings. The predicted molar refractivity (Wildman–Crippen MR) is 58.8 cm³/mol. The third-order valence-corrected chi connectivity index (χ3v) is 2.49. The molecule has 0 saturated heterocycles. The molecule has 0 radical (unpaired) electrons. The molecule has 1 heterocycles. The van der Waals surface area contributed by atoms with Crippen LogP contribution in [0, 0.1) is 0 Å². The molecule has 0 saturated carbocycles. The molecule has 0 spiro atoms. The van der Waals surface area contributed by atoms with Crippen molar-refractivity contribution in [2.24, 2.45) is 0 Å². The Kier molecular flexibility index (Phi) is 2.60. The fourth-order valence-corrected chi connectivity index (χ4v) is 1.70. The van der Waals surface area contributed by atoms with Gasteiger partial charge in [0.1, 0.15) is 5.76 Å². The van der Waals surface area contributed by atoms with Crippen molar-refractivity contribution < 1.29 is 14.3 Å². The highest BCUT2D eigenvalue weighted by molar-refractivity contribution is 9.10. The summed E-state index contributed by atoms with van der Waals surface area (Å²) in [6.07, 6.45) is 1.52. The zero-order valence-corrected chi connectivity index (χ0v) is 9.19. The molecule has 0 aliphatic heterocycles. The highest BCUT2D eigenvalue weighted by atomic mass is 79.9. The third-order valence-electron chi connectivity index (χ3n) is 2.00. The first-order valence-electron chi connectivity index (χ1n) is 4.25. The minimum atomic E-state index is -0.964. The van der Waals surface area contributed by atoms with Crippen LogP contribution in [-0.2, 0) is 0 Å². The van der Waals surface area contributed by atoms with E-state index < -0.39 is 5.97 Å². The number of benzene rings is 1. The molecule has 0 unspecified atom stereocenters.